The Morgan fingerprint density at radius 1 is 1.32 bits per heavy atom. The molecule has 0 spiro atoms. The van der Waals surface area contributed by atoms with Crippen molar-refractivity contribution in [3.05, 3.63) is 53.6 Å². The molecule has 1 fully saturated rings. The first-order valence-corrected chi connectivity index (χ1v) is 9.52. The molecule has 1 aliphatic heterocycles. The summed E-state index contributed by atoms with van der Waals surface area (Å²) in [6, 6.07) is 9.94. The molecule has 7 heteroatoms. The number of nitrogens with one attached hydrogen (secondary N) is 1. The van der Waals surface area contributed by atoms with E-state index in [9.17, 15) is 4.79 Å². The second-order valence-electron chi connectivity index (χ2n) is 8.14. The highest BCUT2D eigenvalue weighted by atomic mass is 16.6. The lowest BCUT2D eigenvalue weighted by Gasteiger charge is -2.41. The van der Waals surface area contributed by atoms with Gasteiger partial charge < -0.3 is 14.6 Å². The molecule has 148 valence electrons. The van der Waals surface area contributed by atoms with Crippen LogP contribution in [-0.4, -0.2) is 57.1 Å². The quantitative estimate of drug-likeness (QED) is 0.880. The van der Waals surface area contributed by atoms with Gasteiger partial charge in [-0.1, -0.05) is 12.1 Å². The maximum Gasteiger partial charge on any atom is 0.410 e. The summed E-state index contributed by atoms with van der Waals surface area (Å²) in [4.78, 5) is 24.0. The molecule has 2 heterocycles. The normalized spacial score (nSPS) is 17.9. The number of aromatic nitrogens is 2. The van der Waals surface area contributed by atoms with E-state index in [1.165, 1.54) is 0 Å². The van der Waals surface area contributed by atoms with Gasteiger partial charge in [-0.15, -0.1) is 0 Å². The van der Waals surface area contributed by atoms with Gasteiger partial charge in [0, 0.05) is 44.1 Å². The fourth-order valence-electron chi connectivity index (χ4n) is 3.36. The summed E-state index contributed by atoms with van der Waals surface area (Å²) >= 11 is 0. The van der Waals surface area contributed by atoms with Crippen LogP contribution in [0.1, 0.15) is 37.6 Å². The van der Waals surface area contributed by atoms with Crippen molar-refractivity contribution in [2.45, 2.75) is 45.4 Å². The monoisotopic (exact) mass is 381 g/mol. The van der Waals surface area contributed by atoms with Gasteiger partial charge in [0.25, 0.3) is 0 Å². The van der Waals surface area contributed by atoms with Crippen LogP contribution in [0.25, 0.3) is 0 Å². The van der Waals surface area contributed by atoms with Crippen molar-refractivity contribution < 1.29 is 9.53 Å². The third-order valence-corrected chi connectivity index (χ3v) is 4.74. The van der Waals surface area contributed by atoms with Crippen molar-refractivity contribution in [3.63, 3.8) is 0 Å². The SMILES string of the molecule is CC(C)(C)OC(=O)N1CCN(Cc2cnc[nH]2)C(Cc2ccc(C#N)cc2)C1. The van der Waals surface area contributed by atoms with Crippen molar-refractivity contribution in [1.82, 2.24) is 19.8 Å². The fourth-order valence-corrected chi connectivity index (χ4v) is 3.36. The van der Waals surface area contributed by atoms with Gasteiger partial charge in [0.05, 0.1) is 18.0 Å². The van der Waals surface area contributed by atoms with Crippen LogP contribution in [0.2, 0.25) is 0 Å². The van der Waals surface area contributed by atoms with Gasteiger partial charge in [-0.3, -0.25) is 4.90 Å². The molecule has 1 atom stereocenters. The molecule has 3 rings (SSSR count). The number of H-pyrrole nitrogens is 1. The molecule has 1 amide bonds. The number of rotatable bonds is 4. The largest absolute Gasteiger partial charge is 0.444 e. The first-order chi connectivity index (χ1) is 13.3. The number of nitriles is 1. The van der Waals surface area contributed by atoms with Crippen molar-refractivity contribution in [2.75, 3.05) is 19.6 Å². The lowest BCUT2D eigenvalue weighted by atomic mass is 10.0. The number of benzene rings is 1. The van der Waals surface area contributed by atoms with E-state index in [0.717, 1.165) is 30.8 Å². The van der Waals surface area contributed by atoms with Crippen LogP contribution in [0, 0.1) is 11.3 Å². The van der Waals surface area contributed by atoms with Gasteiger partial charge in [-0.05, 0) is 44.9 Å². The lowest BCUT2D eigenvalue weighted by Crippen LogP contribution is -2.55. The lowest BCUT2D eigenvalue weighted by molar-refractivity contribution is 0.00224. The van der Waals surface area contributed by atoms with Crippen LogP contribution < -0.4 is 0 Å². The first kappa shape index (κ1) is 19.9. The van der Waals surface area contributed by atoms with E-state index in [1.807, 2.05) is 51.2 Å². The highest BCUT2D eigenvalue weighted by molar-refractivity contribution is 5.68. The highest BCUT2D eigenvalue weighted by Crippen LogP contribution is 2.20. The Morgan fingerprint density at radius 3 is 2.68 bits per heavy atom. The number of imidazole rings is 1. The van der Waals surface area contributed by atoms with Gasteiger partial charge in [0.2, 0.25) is 0 Å². The smallest absolute Gasteiger partial charge is 0.410 e. The summed E-state index contributed by atoms with van der Waals surface area (Å²) in [5.74, 6) is 0. The molecule has 2 aromatic rings. The van der Waals surface area contributed by atoms with Crippen molar-refractivity contribution >= 4 is 6.09 Å². The predicted octanol–water partition coefficient (Wildman–Crippen LogP) is 2.95. The minimum atomic E-state index is -0.507. The molecular weight excluding hydrogens is 354 g/mol. The van der Waals surface area contributed by atoms with E-state index in [2.05, 4.69) is 20.9 Å². The zero-order valence-electron chi connectivity index (χ0n) is 16.7. The average Bonchev–Trinajstić information content (AvgIpc) is 3.15. The summed E-state index contributed by atoms with van der Waals surface area (Å²) in [6.45, 7) is 8.40. The molecule has 1 aromatic carbocycles. The molecule has 1 aromatic heterocycles. The third-order valence-electron chi connectivity index (χ3n) is 4.74. The van der Waals surface area contributed by atoms with Crippen LogP contribution >= 0.6 is 0 Å². The molecule has 28 heavy (non-hydrogen) atoms. The molecule has 1 N–H and O–H groups in total. The van der Waals surface area contributed by atoms with Crippen molar-refractivity contribution in [2.24, 2.45) is 0 Å². The zero-order valence-corrected chi connectivity index (χ0v) is 16.7. The molecular formula is C21H27N5O2. The minimum absolute atomic E-state index is 0.150. The van der Waals surface area contributed by atoms with E-state index in [-0.39, 0.29) is 12.1 Å². The van der Waals surface area contributed by atoms with E-state index < -0.39 is 5.60 Å². The number of aromatic amines is 1. The standard InChI is InChI=1S/C21H27N5O2/c1-21(2,3)28-20(27)26-9-8-25(13-18-12-23-15-24-18)19(14-26)10-16-4-6-17(11-22)7-5-16/h4-7,12,15,19H,8-10,13-14H2,1-3H3,(H,23,24). The van der Waals surface area contributed by atoms with E-state index in [0.29, 0.717) is 18.7 Å². The Labute approximate surface area is 165 Å². The summed E-state index contributed by atoms with van der Waals surface area (Å²) in [5.41, 5.74) is 2.34. The molecule has 1 aliphatic rings. The van der Waals surface area contributed by atoms with Crippen LogP contribution in [0.5, 0.6) is 0 Å². The Kier molecular flexibility index (Phi) is 6.00. The van der Waals surface area contributed by atoms with Crippen LogP contribution in [0.15, 0.2) is 36.8 Å². The van der Waals surface area contributed by atoms with E-state index in [4.69, 9.17) is 10.00 Å². The number of piperazine rings is 1. The summed E-state index contributed by atoms with van der Waals surface area (Å²) in [7, 11) is 0. The number of hydrogen-bond acceptors (Lipinski definition) is 5. The molecule has 0 aliphatic carbocycles. The average molecular weight is 381 g/mol. The summed E-state index contributed by atoms with van der Waals surface area (Å²) in [6.07, 6.45) is 4.04. The maximum atomic E-state index is 12.6. The minimum Gasteiger partial charge on any atom is -0.444 e. The zero-order chi connectivity index (χ0) is 20.1. The predicted molar refractivity (Wildman–Crippen MR) is 105 cm³/mol. The first-order valence-electron chi connectivity index (χ1n) is 9.52. The van der Waals surface area contributed by atoms with Gasteiger partial charge in [-0.25, -0.2) is 9.78 Å². The van der Waals surface area contributed by atoms with Crippen LogP contribution in [0.4, 0.5) is 4.79 Å². The topological polar surface area (TPSA) is 85.2 Å². The van der Waals surface area contributed by atoms with E-state index >= 15 is 0 Å². The van der Waals surface area contributed by atoms with Gasteiger partial charge >= 0.3 is 6.09 Å². The number of nitrogens with zero attached hydrogens (tertiary/aromatic N) is 4. The Hall–Kier alpha value is -2.85. The Morgan fingerprint density at radius 2 is 2.07 bits per heavy atom. The van der Waals surface area contributed by atoms with E-state index in [1.54, 1.807) is 11.2 Å². The van der Waals surface area contributed by atoms with Crippen LogP contribution in [0.3, 0.4) is 0 Å². The second kappa shape index (κ2) is 8.44. The third kappa shape index (κ3) is 5.33. The van der Waals surface area contributed by atoms with Crippen molar-refractivity contribution in [1.29, 1.82) is 5.26 Å². The molecule has 0 saturated carbocycles. The fraction of sp³-hybridized carbons (Fsp3) is 0.476. The van der Waals surface area contributed by atoms with Gasteiger partial charge in [0.15, 0.2) is 0 Å². The summed E-state index contributed by atoms with van der Waals surface area (Å²) in [5, 5.41) is 9.00. The van der Waals surface area contributed by atoms with Crippen molar-refractivity contribution in [3.8, 4) is 6.07 Å². The number of hydrogen-bond donors (Lipinski definition) is 1. The number of amides is 1. The number of carbonyl (C=O) groups is 1. The molecule has 0 radical (unpaired) electrons. The number of ether oxygens (including phenoxy) is 1. The second-order valence-corrected chi connectivity index (χ2v) is 8.14. The molecule has 1 saturated heterocycles. The highest BCUT2D eigenvalue weighted by Gasteiger charge is 2.32. The van der Waals surface area contributed by atoms with Gasteiger partial charge in [0.1, 0.15) is 5.60 Å². The molecule has 0 bridgehead atoms. The Bertz CT molecular complexity index is 818. The Balaban J connectivity index is 1.73. The maximum absolute atomic E-state index is 12.6. The molecule has 1 unspecified atom stereocenters. The van der Waals surface area contributed by atoms with Gasteiger partial charge in [-0.2, -0.15) is 5.26 Å². The number of carbonyl (C=O) groups excluding carboxylic acids is 1. The van der Waals surface area contributed by atoms with Crippen LogP contribution in [-0.2, 0) is 17.7 Å². The molecule has 7 nitrogen and oxygen atoms in total. The summed E-state index contributed by atoms with van der Waals surface area (Å²) < 4.78 is 5.56.